The molecule has 0 aliphatic carbocycles. The van der Waals surface area contributed by atoms with Crippen molar-refractivity contribution in [1.29, 1.82) is 0 Å². The van der Waals surface area contributed by atoms with E-state index in [-0.39, 0.29) is 4.90 Å². The molecule has 0 aromatic heterocycles. The van der Waals surface area contributed by atoms with Crippen LogP contribution in [0.2, 0.25) is 0 Å². The molecule has 0 heterocycles. The van der Waals surface area contributed by atoms with Crippen molar-refractivity contribution in [2.75, 3.05) is 5.32 Å². The van der Waals surface area contributed by atoms with Gasteiger partial charge in [-0.05, 0) is 55.5 Å². The molecule has 2 aromatic carbocycles. The molecule has 0 spiro atoms. The van der Waals surface area contributed by atoms with Crippen LogP contribution in [0.3, 0.4) is 0 Å². The number of carbonyl (C=O) groups is 2. The molecule has 2 aromatic rings. The highest BCUT2D eigenvalue weighted by atomic mass is 79.9. The first-order valence-electron chi connectivity index (χ1n) is 7.07. The maximum atomic E-state index is 12.1. The third-order valence-corrected chi connectivity index (χ3v) is 4.64. The minimum absolute atomic E-state index is 0.0692. The SMILES string of the molecule is CC(OC(=O)c1ccc(Br)cc1)C(=O)Nc1ccc(S(N)(=O)=O)cc1. The predicted octanol–water partition coefficient (Wildman–Crippen LogP) is 2.28. The Morgan fingerprint density at radius 2 is 1.64 bits per heavy atom. The largest absolute Gasteiger partial charge is 0.449 e. The number of sulfonamides is 1. The van der Waals surface area contributed by atoms with E-state index in [1.54, 1.807) is 24.3 Å². The van der Waals surface area contributed by atoms with Crippen LogP contribution in [0.15, 0.2) is 57.9 Å². The number of esters is 1. The average Bonchev–Trinajstić information content (AvgIpc) is 2.55. The van der Waals surface area contributed by atoms with Crippen molar-refractivity contribution >= 4 is 43.5 Å². The molecule has 7 nitrogen and oxygen atoms in total. The summed E-state index contributed by atoms with van der Waals surface area (Å²) in [4.78, 5) is 24.0. The molecule has 0 saturated heterocycles. The first-order chi connectivity index (χ1) is 11.7. The lowest BCUT2D eigenvalue weighted by molar-refractivity contribution is -0.123. The molecule has 1 unspecified atom stereocenters. The Hall–Kier alpha value is -2.23. The zero-order chi connectivity index (χ0) is 18.6. The summed E-state index contributed by atoms with van der Waals surface area (Å²) in [5.41, 5.74) is 0.671. The van der Waals surface area contributed by atoms with Gasteiger partial charge in [-0.15, -0.1) is 0 Å². The highest BCUT2D eigenvalue weighted by Gasteiger charge is 2.19. The Morgan fingerprint density at radius 3 is 2.16 bits per heavy atom. The summed E-state index contributed by atoms with van der Waals surface area (Å²) >= 11 is 3.26. The Kier molecular flexibility index (Phi) is 5.93. The molecular weight excluding hydrogens is 412 g/mol. The lowest BCUT2D eigenvalue weighted by Gasteiger charge is -2.13. The third kappa shape index (κ3) is 5.38. The van der Waals surface area contributed by atoms with Gasteiger partial charge >= 0.3 is 5.97 Å². The lowest BCUT2D eigenvalue weighted by Crippen LogP contribution is -2.30. The zero-order valence-corrected chi connectivity index (χ0v) is 15.5. The van der Waals surface area contributed by atoms with E-state index in [1.165, 1.54) is 31.2 Å². The molecular formula is C16H15BrN2O5S. The Morgan fingerprint density at radius 1 is 1.08 bits per heavy atom. The number of rotatable bonds is 5. The molecule has 1 amide bonds. The van der Waals surface area contributed by atoms with Crippen LogP contribution in [0.25, 0.3) is 0 Å². The number of hydrogen-bond acceptors (Lipinski definition) is 5. The van der Waals surface area contributed by atoms with E-state index in [4.69, 9.17) is 9.88 Å². The van der Waals surface area contributed by atoms with Crippen LogP contribution in [-0.2, 0) is 19.6 Å². The molecule has 0 aliphatic heterocycles. The Labute approximate surface area is 153 Å². The number of hydrogen-bond donors (Lipinski definition) is 2. The molecule has 25 heavy (non-hydrogen) atoms. The van der Waals surface area contributed by atoms with Gasteiger partial charge < -0.3 is 10.1 Å². The first-order valence-corrected chi connectivity index (χ1v) is 9.41. The number of primary sulfonamides is 1. The number of halogens is 1. The van der Waals surface area contributed by atoms with Gasteiger partial charge in [0.1, 0.15) is 0 Å². The van der Waals surface area contributed by atoms with Gasteiger partial charge in [-0.1, -0.05) is 15.9 Å². The fraction of sp³-hybridized carbons (Fsp3) is 0.125. The van der Waals surface area contributed by atoms with Gasteiger partial charge in [0.05, 0.1) is 10.5 Å². The van der Waals surface area contributed by atoms with Gasteiger partial charge in [-0.25, -0.2) is 18.4 Å². The fourth-order valence-electron chi connectivity index (χ4n) is 1.84. The van der Waals surface area contributed by atoms with Crippen molar-refractivity contribution in [3.8, 4) is 0 Å². The molecule has 0 fully saturated rings. The van der Waals surface area contributed by atoms with Gasteiger partial charge in [0.25, 0.3) is 5.91 Å². The minimum Gasteiger partial charge on any atom is -0.449 e. The monoisotopic (exact) mass is 426 g/mol. The lowest BCUT2D eigenvalue weighted by atomic mass is 10.2. The van der Waals surface area contributed by atoms with Crippen molar-refractivity contribution in [2.45, 2.75) is 17.9 Å². The zero-order valence-electron chi connectivity index (χ0n) is 13.1. The smallest absolute Gasteiger partial charge is 0.338 e. The van der Waals surface area contributed by atoms with Crippen LogP contribution in [0.1, 0.15) is 17.3 Å². The van der Waals surface area contributed by atoms with Crippen molar-refractivity contribution in [3.63, 3.8) is 0 Å². The number of amides is 1. The van der Waals surface area contributed by atoms with E-state index in [9.17, 15) is 18.0 Å². The van der Waals surface area contributed by atoms with Crippen molar-refractivity contribution in [1.82, 2.24) is 0 Å². The third-order valence-electron chi connectivity index (χ3n) is 3.18. The average molecular weight is 427 g/mol. The van der Waals surface area contributed by atoms with Crippen molar-refractivity contribution in [2.24, 2.45) is 5.14 Å². The number of nitrogens with two attached hydrogens (primary N) is 1. The van der Waals surface area contributed by atoms with Crippen molar-refractivity contribution in [3.05, 3.63) is 58.6 Å². The molecule has 9 heteroatoms. The van der Waals surface area contributed by atoms with Crippen LogP contribution >= 0.6 is 15.9 Å². The Balaban J connectivity index is 1.98. The summed E-state index contributed by atoms with van der Waals surface area (Å²) in [7, 11) is -3.80. The second-order valence-electron chi connectivity index (χ2n) is 5.11. The number of benzene rings is 2. The number of nitrogens with one attached hydrogen (secondary N) is 1. The van der Waals surface area contributed by atoms with E-state index in [1.807, 2.05) is 0 Å². The molecule has 2 rings (SSSR count). The first kappa shape index (κ1) is 19.1. The van der Waals surface area contributed by atoms with Crippen LogP contribution in [0.5, 0.6) is 0 Å². The summed E-state index contributed by atoms with van der Waals surface area (Å²) in [6.45, 7) is 1.44. The van der Waals surface area contributed by atoms with Crippen LogP contribution in [0.4, 0.5) is 5.69 Å². The predicted molar refractivity (Wildman–Crippen MR) is 95.5 cm³/mol. The summed E-state index contributed by atoms with van der Waals surface area (Å²) in [6.07, 6.45) is -1.03. The number of carbonyl (C=O) groups excluding carboxylic acids is 2. The summed E-state index contributed by atoms with van der Waals surface area (Å²) < 4.78 is 28.3. The topological polar surface area (TPSA) is 116 Å². The summed E-state index contributed by atoms with van der Waals surface area (Å²) in [6, 6.07) is 11.8. The molecule has 0 aliphatic rings. The van der Waals surface area contributed by atoms with Crippen LogP contribution < -0.4 is 10.5 Å². The molecule has 3 N–H and O–H groups in total. The van der Waals surface area contributed by atoms with Crippen LogP contribution in [-0.4, -0.2) is 26.4 Å². The molecule has 1 atom stereocenters. The van der Waals surface area contributed by atoms with Crippen molar-refractivity contribution < 1.29 is 22.7 Å². The molecule has 132 valence electrons. The molecule has 0 bridgehead atoms. The van der Waals surface area contributed by atoms with Gasteiger partial charge in [0, 0.05) is 10.2 Å². The van der Waals surface area contributed by atoms with E-state index in [0.29, 0.717) is 11.3 Å². The standard InChI is InChI=1S/C16H15BrN2O5S/c1-10(24-16(21)11-2-4-12(17)5-3-11)15(20)19-13-6-8-14(9-7-13)25(18,22)23/h2-10H,1H3,(H,19,20)(H2,18,22,23). The summed E-state index contributed by atoms with van der Waals surface area (Å²) in [5, 5.41) is 7.53. The van der Waals surface area contributed by atoms with Crippen LogP contribution in [0, 0.1) is 0 Å². The molecule has 0 saturated carbocycles. The van der Waals surface area contributed by atoms with Gasteiger partial charge in [0.2, 0.25) is 10.0 Å². The Bertz CT molecular complexity index is 880. The number of ether oxygens (including phenoxy) is 1. The van der Waals surface area contributed by atoms with E-state index < -0.39 is 28.0 Å². The fourth-order valence-corrected chi connectivity index (χ4v) is 2.62. The number of anilines is 1. The summed E-state index contributed by atoms with van der Waals surface area (Å²) in [5.74, 6) is -1.17. The molecule has 0 radical (unpaired) electrons. The maximum Gasteiger partial charge on any atom is 0.338 e. The second-order valence-corrected chi connectivity index (χ2v) is 7.59. The van der Waals surface area contributed by atoms with Gasteiger partial charge in [0.15, 0.2) is 6.10 Å². The second kappa shape index (κ2) is 7.77. The maximum absolute atomic E-state index is 12.1. The van der Waals surface area contributed by atoms with Gasteiger partial charge in [-0.2, -0.15) is 0 Å². The highest BCUT2D eigenvalue weighted by molar-refractivity contribution is 9.10. The quantitative estimate of drug-likeness (QED) is 0.711. The van der Waals surface area contributed by atoms with E-state index in [2.05, 4.69) is 21.2 Å². The van der Waals surface area contributed by atoms with Gasteiger partial charge in [-0.3, -0.25) is 4.79 Å². The van der Waals surface area contributed by atoms with E-state index >= 15 is 0 Å². The van der Waals surface area contributed by atoms with E-state index in [0.717, 1.165) is 4.47 Å². The highest BCUT2D eigenvalue weighted by Crippen LogP contribution is 2.15. The minimum atomic E-state index is -3.80. The normalized spacial score (nSPS) is 12.3.